The molecule has 0 radical (unpaired) electrons. The molecule has 1 fully saturated rings. The Hall–Kier alpha value is -2.52. The number of pyridine rings is 1. The van der Waals surface area contributed by atoms with Crippen LogP contribution in [0.1, 0.15) is 18.1 Å². The lowest BCUT2D eigenvalue weighted by Crippen LogP contribution is -2.53. The third-order valence-electron chi connectivity index (χ3n) is 5.66. The minimum absolute atomic E-state index is 0.401. The number of anilines is 2. The van der Waals surface area contributed by atoms with Crippen LogP contribution in [0.25, 0.3) is 11.1 Å². The van der Waals surface area contributed by atoms with E-state index in [1.54, 1.807) is 6.20 Å². The number of benzene rings is 2. The van der Waals surface area contributed by atoms with Crippen LogP contribution < -0.4 is 10.2 Å². The summed E-state index contributed by atoms with van der Waals surface area (Å²) < 4.78 is 0. The van der Waals surface area contributed by atoms with Crippen molar-refractivity contribution in [2.45, 2.75) is 26.8 Å². The van der Waals surface area contributed by atoms with E-state index >= 15 is 0 Å². The first-order chi connectivity index (χ1) is 13.5. The first-order valence-electron chi connectivity index (χ1n) is 9.80. The monoisotopic (exact) mass is 391 g/mol. The van der Waals surface area contributed by atoms with Crippen molar-refractivity contribution in [3.05, 3.63) is 77.1 Å². The molecule has 1 aliphatic heterocycles. The lowest BCUT2D eigenvalue weighted by atomic mass is 9.90. The summed E-state index contributed by atoms with van der Waals surface area (Å²) in [5, 5.41) is 4.42. The Kier molecular flexibility index (Phi) is 5.27. The Balaban J connectivity index is 1.48. The second kappa shape index (κ2) is 7.84. The highest BCUT2D eigenvalue weighted by molar-refractivity contribution is 6.33. The molecule has 3 nitrogen and oxygen atoms in total. The molecular formula is C24H26ClN3. The highest BCUT2D eigenvalue weighted by Crippen LogP contribution is 2.40. The van der Waals surface area contributed by atoms with Gasteiger partial charge in [-0.05, 0) is 38.0 Å². The van der Waals surface area contributed by atoms with E-state index in [1.165, 1.54) is 16.8 Å². The van der Waals surface area contributed by atoms with Gasteiger partial charge in [0, 0.05) is 48.7 Å². The Morgan fingerprint density at radius 2 is 1.82 bits per heavy atom. The molecule has 0 spiro atoms. The molecule has 4 rings (SSSR count). The van der Waals surface area contributed by atoms with E-state index in [0.717, 1.165) is 34.9 Å². The van der Waals surface area contributed by atoms with Crippen molar-refractivity contribution in [3.8, 4) is 11.1 Å². The number of hydrogen-bond acceptors (Lipinski definition) is 3. The standard InChI is InChI=1S/C24H26ClN3/c1-16-9-10-23(17(2)11-16)27-18(3)20-14-28(15-20)24-21(12-26-13-22(24)25)19-7-5-4-6-8-19/h4-13,18,20,27H,14-15H2,1-3H3. The average Bonchev–Trinajstić information content (AvgIpc) is 2.65. The first-order valence-corrected chi connectivity index (χ1v) is 10.2. The van der Waals surface area contributed by atoms with Gasteiger partial charge in [-0.1, -0.05) is 59.6 Å². The molecule has 3 aromatic rings. The molecule has 0 saturated carbocycles. The van der Waals surface area contributed by atoms with Crippen molar-refractivity contribution in [2.24, 2.45) is 5.92 Å². The van der Waals surface area contributed by atoms with Gasteiger partial charge in [0.05, 0.1) is 10.7 Å². The molecule has 1 aromatic heterocycles. The van der Waals surface area contributed by atoms with Crippen molar-refractivity contribution in [3.63, 3.8) is 0 Å². The SMILES string of the molecule is Cc1ccc(NC(C)C2CN(c3c(Cl)cncc3-c3ccccc3)C2)c(C)c1. The topological polar surface area (TPSA) is 28.2 Å². The number of nitrogens with zero attached hydrogens (tertiary/aromatic N) is 2. The summed E-state index contributed by atoms with van der Waals surface area (Å²) in [5.41, 5.74) is 7.16. The second-order valence-corrected chi connectivity index (χ2v) is 8.21. The summed E-state index contributed by atoms with van der Waals surface area (Å²) in [6.45, 7) is 8.55. The molecule has 144 valence electrons. The van der Waals surface area contributed by atoms with Gasteiger partial charge in [0.25, 0.3) is 0 Å². The van der Waals surface area contributed by atoms with Crippen LogP contribution in [-0.4, -0.2) is 24.1 Å². The van der Waals surface area contributed by atoms with E-state index < -0.39 is 0 Å². The Labute approximate surface area is 172 Å². The van der Waals surface area contributed by atoms with Gasteiger partial charge < -0.3 is 10.2 Å². The smallest absolute Gasteiger partial charge is 0.0829 e. The summed E-state index contributed by atoms with van der Waals surface area (Å²) in [6.07, 6.45) is 3.66. The maximum absolute atomic E-state index is 6.56. The van der Waals surface area contributed by atoms with Gasteiger partial charge in [0.2, 0.25) is 0 Å². The van der Waals surface area contributed by atoms with Crippen molar-refractivity contribution >= 4 is 23.0 Å². The van der Waals surface area contributed by atoms with E-state index in [-0.39, 0.29) is 0 Å². The van der Waals surface area contributed by atoms with Gasteiger partial charge in [-0.25, -0.2) is 0 Å². The van der Waals surface area contributed by atoms with E-state index in [0.29, 0.717) is 12.0 Å². The molecule has 1 aliphatic rings. The Bertz CT molecular complexity index is 965. The van der Waals surface area contributed by atoms with Crippen LogP contribution in [0, 0.1) is 19.8 Å². The van der Waals surface area contributed by atoms with Crippen LogP contribution in [0.4, 0.5) is 11.4 Å². The maximum atomic E-state index is 6.56. The van der Waals surface area contributed by atoms with Crippen LogP contribution in [0.3, 0.4) is 0 Å². The lowest BCUT2D eigenvalue weighted by Gasteiger charge is -2.45. The lowest BCUT2D eigenvalue weighted by molar-refractivity contribution is 0.370. The Morgan fingerprint density at radius 3 is 2.54 bits per heavy atom. The van der Waals surface area contributed by atoms with Crippen molar-refractivity contribution < 1.29 is 0 Å². The minimum atomic E-state index is 0.401. The molecule has 0 aliphatic carbocycles. The summed E-state index contributed by atoms with van der Waals surface area (Å²) in [4.78, 5) is 6.69. The molecule has 1 atom stereocenters. The molecule has 2 aromatic carbocycles. The summed E-state index contributed by atoms with van der Waals surface area (Å²) in [7, 11) is 0. The zero-order chi connectivity index (χ0) is 19.7. The predicted octanol–water partition coefficient (Wildman–Crippen LogP) is 5.96. The third kappa shape index (κ3) is 3.72. The summed E-state index contributed by atoms with van der Waals surface area (Å²) >= 11 is 6.56. The van der Waals surface area contributed by atoms with Gasteiger partial charge in [0.1, 0.15) is 0 Å². The molecule has 0 bridgehead atoms. The van der Waals surface area contributed by atoms with Crippen molar-refractivity contribution in [1.29, 1.82) is 0 Å². The molecule has 4 heteroatoms. The minimum Gasteiger partial charge on any atom is -0.382 e. The Morgan fingerprint density at radius 1 is 1.07 bits per heavy atom. The van der Waals surface area contributed by atoms with E-state index in [1.807, 2.05) is 12.3 Å². The summed E-state index contributed by atoms with van der Waals surface area (Å²) in [5.74, 6) is 0.577. The van der Waals surface area contributed by atoms with E-state index in [2.05, 4.69) is 78.4 Å². The van der Waals surface area contributed by atoms with Gasteiger partial charge in [0.15, 0.2) is 0 Å². The predicted molar refractivity (Wildman–Crippen MR) is 119 cm³/mol. The van der Waals surface area contributed by atoms with Gasteiger partial charge in [-0.3, -0.25) is 4.98 Å². The number of aryl methyl sites for hydroxylation is 2. The molecule has 1 N–H and O–H groups in total. The van der Waals surface area contributed by atoms with Crippen LogP contribution in [-0.2, 0) is 0 Å². The number of aromatic nitrogens is 1. The second-order valence-electron chi connectivity index (χ2n) is 7.80. The fourth-order valence-electron chi connectivity index (χ4n) is 3.93. The van der Waals surface area contributed by atoms with Crippen LogP contribution in [0.2, 0.25) is 5.02 Å². The number of hydrogen-bond donors (Lipinski definition) is 1. The van der Waals surface area contributed by atoms with Crippen LogP contribution in [0.5, 0.6) is 0 Å². The summed E-state index contributed by atoms with van der Waals surface area (Å²) in [6, 6.07) is 17.3. The van der Waals surface area contributed by atoms with Crippen LogP contribution >= 0.6 is 11.6 Å². The fraction of sp³-hybridized carbons (Fsp3) is 0.292. The van der Waals surface area contributed by atoms with E-state index in [4.69, 9.17) is 11.6 Å². The highest BCUT2D eigenvalue weighted by Gasteiger charge is 2.34. The zero-order valence-electron chi connectivity index (χ0n) is 16.6. The maximum Gasteiger partial charge on any atom is 0.0829 e. The quantitative estimate of drug-likeness (QED) is 0.582. The molecule has 28 heavy (non-hydrogen) atoms. The van der Waals surface area contributed by atoms with Gasteiger partial charge in [-0.2, -0.15) is 0 Å². The normalized spacial score (nSPS) is 15.2. The fourth-order valence-corrected chi connectivity index (χ4v) is 4.21. The molecule has 1 unspecified atom stereocenters. The third-order valence-corrected chi connectivity index (χ3v) is 5.93. The molecule has 1 saturated heterocycles. The van der Waals surface area contributed by atoms with Crippen molar-refractivity contribution in [2.75, 3.05) is 23.3 Å². The van der Waals surface area contributed by atoms with Crippen molar-refractivity contribution in [1.82, 2.24) is 4.98 Å². The molecular weight excluding hydrogens is 366 g/mol. The first kappa shape index (κ1) is 18.8. The zero-order valence-corrected chi connectivity index (χ0v) is 17.4. The number of nitrogens with one attached hydrogen (secondary N) is 1. The molecule has 2 heterocycles. The number of halogens is 1. The average molecular weight is 392 g/mol. The van der Waals surface area contributed by atoms with Crippen LogP contribution in [0.15, 0.2) is 60.9 Å². The van der Waals surface area contributed by atoms with Gasteiger partial charge in [-0.15, -0.1) is 0 Å². The molecule has 0 amide bonds. The van der Waals surface area contributed by atoms with Gasteiger partial charge >= 0.3 is 0 Å². The highest BCUT2D eigenvalue weighted by atomic mass is 35.5. The number of rotatable bonds is 5. The largest absolute Gasteiger partial charge is 0.382 e. The van der Waals surface area contributed by atoms with E-state index in [9.17, 15) is 0 Å².